The maximum atomic E-state index is 9.86. The molecule has 0 saturated heterocycles. The van der Waals surface area contributed by atoms with E-state index in [1.54, 1.807) is 0 Å². The first-order valence-corrected chi connectivity index (χ1v) is 8.00. The highest BCUT2D eigenvalue weighted by Crippen LogP contribution is 2.08. The van der Waals surface area contributed by atoms with Crippen LogP contribution in [0.3, 0.4) is 0 Å². The standard InChI is InChI=1S/C13H29NO2S/c1-5-7-8-16-10-13(15)9-14(3)12(6-2)11-17-4/h12-13,15H,5-11H2,1-4H3. The van der Waals surface area contributed by atoms with Gasteiger partial charge < -0.3 is 9.84 Å². The van der Waals surface area contributed by atoms with E-state index in [-0.39, 0.29) is 6.10 Å². The van der Waals surface area contributed by atoms with E-state index in [0.29, 0.717) is 19.2 Å². The first kappa shape index (κ1) is 17.2. The summed E-state index contributed by atoms with van der Waals surface area (Å²) in [6.45, 7) is 6.26. The number of nitrogens with zero attached hydrogens (tertiary/aromatic N) is 1. The fraction of sp³-hybridized carbons (Fsp3) is 1.00. The van der Waals surface area contributed by atoms with Crippen LogP contribution < -0.4 is 0 Å². The largest absolute Gasteiger partial charge is 0.389 e. The SMILES string of the molecule is CCCCOCC(O)CN(C)C(CC)CSC. The zero-order valence-corrected chi connectivity index (χ0v) is 12.6. The molecule has 0 aromatic carbocycles. The summed E-state index contributed by atoms with van der Waals surface area (Å²) in [5.41, 5.74) is 0. The van der Waals surface area contributed by atoms with Gasteiger partial charge in [-0.2, -0.15) is 11.8 Å². The van der Waals surface area contributed by atoms with Crippen LogP contribution in [-0.2, 0) is 4.74 Å². The van der Waals surface area contributed by atoms with Gasteiger partial charge in [0.2, 0.25) is 0 Å². The number of thioether (sulfide) groups is 1. The zero-order valence-electron chi connectivity index (χ0n) is 11.8. The molecule has 0 spiro atoms. The Morgan fingerprint density at radius 3 is 2.59 bits per heavy atom. The molecule has 0 aromatic rings. The summed E-state index contributed by atoms with van der Waals surface area (Å²) in [6.07, 6.45) is 5.10. The molecule has 0 heterocycles. The second kappa shape index (κ2) is 11.3. The Morgan fingerprint density at radius 2 is 2.06 bits per heavy atom. The predicted molar refractivity (Wildman–Crippen MR) is 76.8 cm³/mol. The van der Waals surface area contributed by atoms with Gasteiger partial charge in [0.05, 0.1) is 12.7 Å². The van der Waals surface area contributed by atoms with Gasteiger partial charge in [0, 0.05) is 24.9 Å². The molecule has 2 unspecified atom stereocenters. The minimum Gasteiger partial charge on any atom is -0.389 e. The number of likely N-dealkylation sites (N-methyl/N-ethyl adjacent to an activating group) is 1. The molecule has 104 valence electrons. The van der Waals surface area contributed by atoms with Crippen molar-refractivity contribution in [3.8, 4) is 0 Å². The minimum absolute atomic E-state index is 0.368. The average molecular weight is 263 g/mol. The van der Waals surface area contributed by atoms with Crippen LogP contribution in [0.5, 0.6) is 0 Å². The molecule has 0 fully saturated rings. The first-order chi connectivity index (χ1) is 8.15. The zero-order chi connectivity index (χ0) is 13.1. The van der Waals surface area contributed by atoms with Crippen molar-refractivity contribution in [1.29, 1.82) is 0 Å². The third-order valence-electron chi connectivity index (χ3n) is 2.90. The molecule has 0 bridgehead atoms. The quantitative estimate of drug-likeness (QED) is 0.580. The lowest BCUT2D eigenvalue weighted by atomic mass is 10.2. The van der Waals surface area contributed by atoms with Crippen LogP contribution in [0.1, 0.15) is 33.1 Å². The van der Waals surface area contributed by atoms with Crippen LogP contribution in [0.15, 0.2) is 0 Å². The van der Waals surface area contributed by atoms with Crippen molar-refractivity contribution in [2.45, 2.75) is 45.3 Å². The van der Waals surface area contributed by atoms with E-state index in [1.807, 2.05) is 11.8 Å². The van der Waals surface area contributed by atoms with Crippen molar-refractivity contribution in [1.82, 2.24) is 4.90 Å². The molecule has 0 amide bonds. The van der Waals surface area contributed by atoms with Crippen LogP contribution in [-0.4, -0.2) is 61.0 Å². The van der Waals surface area contributed by atoms with Gasteiger partial charge in [-0.25, -0.2) is 0 Å². The van der Waals surface area contributed by atoms with Crippen molar-refractivity contribution in [3.63, 3.8) is 0 Å². The van der Waals surface area contributed by atoms with Crippen LogP contribution >= 0.6 is 11.8 Å². The monoisotopic (exact) mass is 263 g/mol. The van der Waals surface area contributed by atoms with Crippen molar-refractivity contribution in [2.24, 2.45) is 0 Å². The molecular formula is C13H29NO2S. The van der Waals surface area contributed by atoms with Crippen LogP contribution in [0, 0.1) is 0 Å². The fourth-order valence-corrected chi connectivity index (χ4v) is 2.62. The lowest BCUT2D eigenvalue weighted by molar-refractivity contribution is 0.0146. The van der Waals surface area contributed by atoms with E-state index in [9.17, 15) is 5.11 Å². The van der Waals surface area contributed by atoms with Gasteiger partial charge in [-0.3, -0.25) is 4.90 Å². The molecule has 3 nitrogen and oxygen atoms in total. The van der Waals surface area contributed by atoms with Gasteiger partial charge in [-0.15, -0.1) is 0 Å². The average Bonchev–Trinajstić information content (AvgIpc) is 2.31. The Bertz CT molecular complexity index is 169. The third kappa shape index (κ3) is 8.89. The number of aliphatic hydroxyl groups is 1. The molecular weight excluding hydrogens is 234 g/mol. The normalized spacial score (nSPS) is 15.2. The van der Waals surface area contributed by atoms with E-state index >= 15 is 0 Å². The molecule has 0 rings (SSSR count). The molecule has 0 saturated carbocycles. The van der Waals surface area contributed by atoms with Crippen LogP contribution in [0.4, 0.5) is 0 Å². The molecule has 1 N–H and O–H groups in total. The number of hydrogen-bond donors (Lipinski definition) is 1. The van der Waals surface area contributed by atoms with E-state index in [2.05, 4.69) is 32.1 Å². The molecule has 0 aliphatic carbocycles. The number of ether oxygens (including phenoxy) is 1. The first-order valence-electron chi connectivity index (χ1n) is 6.60. The van der Waals surface area contributed by atoms with Crippen LogP contribution in [0.25, 0.3) is 0 Å². The summed E-state index contributed by atoms with van der Waals surface area (Å²) in [4.78, 5) is 2.24. The number of rotatable bonds is 11. The highest BCUT2D eigenvalue weighted by atomic mass is 32.2. The Hall–Kier alpha value is 0.230. The molecule has 0 aliphatic heterocycles. The molecule has 2 atom stereocenters. The highest BCUT2D eigenvalue weighted by molar-refractivity contribution is 7.98. The molecule has 0 aromatic heterocycles. The van der Waals surface area contributed by atoms with Gasteiger partial charge in [0.25, 0.3) is 0 Å². The summed E-state index contributed by atoms with van der Waals surface area (Å²) >= 11 is 1.86. The Kier molecular flexibility index (Phi) is 11.5. The van der Waals surface area contributed by atoms with Crippen molar-refractivity contribution in [3.05, 3.63) is 0 Å². The van der Waals surface area contributed by atoms with Gasteiger partial charge in [-0.1, -0.05) is 20.3 Å². The lowest BCUT2D eigenvalue weighted by Gasteiger charge is -2.28. The summed E-state index contributed by atoms with van der Waals surface area (Å²) < 4.78 is 5.43. The topological polar surface area (TPSA) is 32.7 Å². The Balaban J connectivity index is 3.72. The number of hydrogen-bond acceptors (Lipinski definition) is 4. The van der Waals surface area contributed by atoms with Crippen molar-refractivity contribution < 1.29 is 9.84 Å². The number of unbranched alkanes of at least 4 members (excludes halogenated alkanes) is 1. The predicted octanol–water partition coefficient (Wildman–Crippen LogP) is 2.24. The highest BCUT2D eigenvalue weighted by Gasteiger charge is 2.15. The second-order valence-electron chi connectivity index (χ2n) is 4.54. The Labute approximate surface area is 111 Å². The van der Waals surface area contributed by atoms with E-state index in [1.165, 1.54) is 0 Å². The third-order valence-corrected chi connectivity index (χ3v) is 3.62. The molecule has 17 heavy (non-hydrogen) atoms. The Morgan fingerprint density at radius 1 is 1.35 bits per heavy atom. The van der Waals surface area contributed by atoms with E-state index in [4.69, 9.17) is 4.74 Å². The smallest absolute Gasteiger partial charge is 0.0900 e. The summed E-state index contributed by atoms with van der Waals surface area (Å²) in [6, 6.07) is 0.551. The van der Waals surface area contributed by atoms with Crippen LogP contribution in [0.2, 0.25) is 0 Å². The molecule has 0 aliphatic rings. The second-order valence-corrected chi connectivity index (χ2v) is 5.45. The fourth-order valence-electron chi connectivity index (χ4n) is 1.75. The summed E-state index contributed by atoms with van der Waals surface area (Å²) in [7, 11) is 2.08. The van der Waals surface area contributed by atoms with Gasteiger partial charge in [0.15, 0.2) is 0 Å². The number of aliphatic hydroxyl groups excluding tert-OH is 1. The van der Waals surface area contributed by atoms with Gasteiger partial charge >= 0.3 is 0 Å². The maximum absolute atomic E-state index is 9.86. The summed E-state index contributed by atoms with van der Waals surface area (Å²) in [5.74, 6) is 1.12. The van der Waals surface area contributed by atoms with E-state index < -0.39 is 0 Å². The summed E-state index contributed by atoms with van der Waals surface area (Å²) in [5, 5.41) is 9.86. The molecule has 4 heteroatoms. The maximum Gasteiger partial charge on any atom is 0.0900 e. The van der Waals surface area contributed by atoms with Crippen molar-refractivity contribution >= 4 is 11.8 Å². The van der Waals surface area contributed by atoms with Gasteiger partial charge in [0.1, 0.15) is 0 Å². The van der Waals surface area contributed by atoms with Crippen molar-refractivity contribution in [2.75, 3.05) is 38.8 Å². The van der Waals surface area contributed by atoms with E-state index in [0.717, 1.165) is 31.6 Å². The minimum atomic E-state index is -0.368. The lowest BCUT2D eigenvalue weighted by Crippen LogP contribution is -2.40. The molecule has 0 radical (unpaired) electrons. The van der Waals surface area contributed by atoms with Gasteiger partial charge in [-0.05, 0) is 26.1 Å².